The van der Waals surface area contributed by atoms with Gasteiger partial charge in [-0.15, -0.1) is 0 Å². The normalized spacial score (nSPS) is 11.3. The molecule has 1 aromatic heterocycles. The zero-order chi connectivity index (χ0) is 14.8. The molecule has 0 aliphatic carbocycles. The van der Waals surface area contributed by atoms with Crippen molar-refractivity contribution >= 4 is 5.97 Å². The van der Waals surface area contributed by atoms with Gasteiger partial charge in [0.2, 0.25) is 0 Å². The van der Waals surface area contributed by atoms with Crippen LogP contribution in [0.25, 0.3) is 11.3 Å². The standard InChI is InChI=1S/C14H10F3NO2/c15-14(16,17)10-5-6-18-12(8-10)11-4-2-1-3-9(11)7-13(19)20/h1-6,8H,7H2,(H,19,20). The molecule has 2 rings (SSSR count). The lowest BCUT2D eigenvalue weighted by Gasteiger charge is -2.10. The van der Waals surface area contributed by atoms with Crippen molar-refractivity contribution < 1.29 is 23.1 Å². The van der Waals surface area contributed by atoms with E-state index >= 15 is 0 Å². The van der Waals surface area contributed by atoms with Crippen molar-refractivity contribution in [1.82, 2.24) is 4.98 Å². The third-order valence-corrected chi connectivity index (χ3v) is 2.72. The number of carbonyl (C=O) groups is 1. The van der Waals surface area contributed by atoms with E-state index in [1.54, 1.807) is 24.3 Å². The van der Waals surface area contributed by atoms with Gasteiger partial charge < -0.3 is 5.11 Å². The van der Waals surface area contributed by atoms with Crippen LogP contribution in [0.4, 0.5) is 13.2 Å². The Morgan fingerprint density at radius 2 is 1.90 bits per heavy atom. The van der Waals surface area contributed by atoms with Crippen LogP contribution in [-0.4, -0.2) is 16.1 Å². The van der Waals surface area contributed by atoms with E-state index in [-0.39, 0.29) is 12.1 Å². The van der Waals surface area contributed by atoms with Gasteiger partial charge in [0.15, 0.2) is 0 Å². The number of pyridine rings is 1. The fraction of sp³-hybridized carbons (Fsp3) is 0.143. The number of hydrogen-bond acceptors (Lipinski definition) is 2. The first-order valence-corrected chi connectivity index (χ1v) is 5.71. The van der Waals surface area contributed by atoms with Gasteiger partial charge in [-0.3, -0.25) is 9.78 Å². The molecule has 1 aromatic carbocycles. The Bertz CT molecular complexity index is 638. The largest absolute Gasteiger partial charge is 0.481 e. The molecule has 0 atom stereocenters. The highest BCUT2D eigenvalue weighted by Gasteiger charge is 2.30. The minimum atomic E-state index is -4.46. The molecular formula is C14H10F3NO2. The number of halogens is 3. The van der Waals surface area contributed by atoms with Crippen LogP contribution in [-0.2, 0) is 17.4 Å². The Morgan fingerprint density at radius 3 is 2.55 bits per heavy atom. The molecular weight excluding hydrogens is 271 g/mol. The summed E-state index contributed by atoms with van der Waals surface area (Å²) in [6.45, 7) is 0. The lowest BCUT2D eigenvalue weighted by molar-refractivity contribution is -0.138. The minimum absolute atomic E-state index is 0.108. The van der Waals surface area contributed by atoms with E-state index in [0.29, 0.717) is 11.1 Å². The Kier molecular flexibility index (Phi) is 3.74. The van der Waals surface area contributed by atoms with Crippen LogP contribution in [0.5, 0.6) is 0 Å². The van der Waals surface area contributed by atoms with Gasteiger partial charge >= 0.3 is 12.1 Å². The van der Waals surface area contributed by atoms with Crippen LogP contribution in [0.15, 0.2) is 42.6 Å². The van der Waals surface area contributed by atoms with Gasteiger partial charge in [0, 0.05) is 11.8 Å². The highest BCUT2D eigenvalue weighted by Crippen LogP contribution is 2.32. The number of aromatic nitrogens is 1. The molecule has 104 valence electrons. The van der Waals surface area contributed by atoms with E-state index in [4.69, 9.17) is 5.11 Å². The third-order valence-electron chi connectivity index (χ3n) is 2.72. The third kappa shape index (κ3) is 3.14. The SMILES string of the molecule is O=C(O)Cc1ccccc1-c1cc(C(F)(F)F)ccn1. The molecule has 6 heteroatoms. The second-order valence-electron chi connectivity index (χ2n) is 4.16. The van der Waals surface area contributed by atoms with Crippen LogP contribution in [0.1, 0.15) is 11.1 Å². The first-order valence-electron chi connectivity index (χ1n) is 5.71. The number of hydrogen-bond donors (Lipinski definition) is 1. The van der Waals surface area contributed by atoms with Gasteiger partial charge in [-0.2, -0.15) is 13.2 Å². The van der Waals surface area contributed by atoms with E-state index in [1.165, 1.54) is 0 Å². The van der Waals surface area contributed by atoms with Crippen LogP contribution >= 0.6 is 0 Å². The fourth-order valence-corrected chi connectivity index (χ4v) is 1.84. The highest BCUT2D eigenvalue weighted by molar-refractivity contribution is 5.75. The smallest absolute Gasteiger partial charge is 0.416 e. The maximum atomic E-state index is 12.7. The lowest BCUT2D eigenvalue weighted by atomic mass is 10.0. The average Bonchev–Trinajstić information content (AvgIpc) is 2.38. The van der Waals surface area contributed by atoms with Crippen molar-refractivity contribution in [2.45, 2.75) is 12.6 Å². The zero-order valence-corrected chi connectivity index (χ0v) is 10.2. The maximum absolute atomic E-state index is 12.7. The summed E-state index contributed by atoms with van der Waals surface area (Å²) in [6, 6.07) is 8.17. The molecule has 0 amide bonds. The second kappa shape index (κ2) is 5.32. The first kappa shape index (κ1) is 14.0. The molecule has 0 spiro atoms. The topological polar surface area (TPSA) is 50.2 Å². The average molecular weight is 281 g/mol. The molecule has 0 bridgehead atoms. The Balaban J connectivity index is 2.49. The number of alkyl halides is 3. The summed E-state index contributed by atoms with van der Waals surface area (Å²) < 4.78 is 38.0. The number of benzene rings is 1. The second-order valence-corrected chi connectivity index (χ2v) is 4.16. The monoisotopic (exact) mass is 281 g/mol. The molecule has 0 aliphatic rings. The molecule has 0 fully saturated rings. The van der Waals surface area contributed by atoms with Gasteiger partial charge in [0.05, 0.1) is 17.7 Å². The predicted molar refractivity (Wildman–Crippen MR) is 66.0 cm³/mol. The lowest BCUT2D eigenvalue weighted by Crippen LogP contribution is -2.06. The highest BCUT2D eigenvalue weighted by atomic mass is 19.4. The molecule has 0 aliphatic heterocycles. The van der Waals surface area contributed by atoms with Crippen LogP contribution < -0.4 is 0 Å². The molecule has 3 nitrogen and oxygen atoms in total. The molecule has 0 unspecified atom stereocenters. The van der Waals surface area contributed by atoms with Crippen molar-refractivity contribution in [3.05, 3.63) is 53.7 Å². The fourth-order valence-electron chi connectivity index (χ4n) is 1.84. The zero-order valence-electron chi connectivity index (χ0n) is 10.2. The number of carboxylic acids is 1. The molecule has 0 saturated carbocycles. The van der Waals surface area contributed by atoms with Gasteiger partial charge in [-0.1, -0.05) is 24.3 Å². The van der Waals surface area contributed by atoms with Crippen molar-refractivity contribution in [2.75, 3.05) is 0 Å². The van der Waals surface area contributed by atoms with Crippen molar-refractivity contribution in [3.63, 3.8) is 0 Å². The van der Waals surface area contributed by atoms with E-state index in [2.05, 4.69) is 4.98 Å². The molecule has 0 radical (unpaired) electrons. The quantitative estimate of drug-likeness (QED) is 0.938. The van der Waals surface area contributed by atoms with Crippen LogP contribution in [0.2, 0.25) is 0 Å². The predicted octanol–water partition coefficient (Wildman–Crippen LogP) is 3.39. The summed E-state index contributed by atoms with van der Waals surface area (Å²) in [5.41, 5.74) is 0.108. The summed E-state index contributed by atoms with van der Waals surface area (Å²) in [5, 5.41) is 8.82. The van der Waals surface area contributed by atoms with Gasteiger partial charge in [0.1, 0.15) is 0 Å². The van der Waals surface area contributed by atoms with Gasteiger partial charge in [-0.05, 0) is 17.7 Å². The summed E-state index contributed by atoms with van der Waals surface area (Å²) in [4.78, 5) is 14.7. The summed E-state index contributed by atoms with van der Waals surface area (Å²) in [6.07, 6.45) is -3.66. The van der Waals surface area contributed by atoms with Crippen molar-refractivity contribution in [2.24, 2.45) is 0 Å². The summed E-state index contributed by atoms with van der Waals surface area (Å²) in [5.74, 6) is -1.05. The summed E-state index contributed by atoms with van der Waals surface area (Å²) in [7, 11) is 0. The summed E-state index contributed by atoms with van der Waals surface area (Å²) >= 11 is 0. The molecule has 2 aromatic rings. The van der Waals surface area contributed by atoms with Crippen LogP contribution in [0, 0.1) is 0 Å². The molecule has 1 heterocycles. The minimum Gasteiger partial charge on any atom is -0.481 e. The Labute approximate surface area is 112 Å². The number of carboxylic acid groups (broad SMARTS) is 1. The van der Waals surface area contributed by atoms with E-state index in [1.807, 2.05) is 0 Å². The van der Waals surface area contributed by atoms with Gasteiger partial charge in [-0.25, -0.2) is 0 Å². The molecule has 20 heavy (non-hydrogen) atoms. The van der Waals surface area contributed by atoms with Gasteiger partial charge in [0.25, 0.3) is 0 Å². The van der Waals surface area contributed by atoms with Crippen LogP contribution in [0.3, 0.4) is 0 Å². The maximum Gasteiger partial charge on any atom is 0.416 e. The number of aliphatic carboxylic acids is 1. The molecule has 1 N–H and O–H groups in total. The van der Waals surface area contributed by atoms with Crippen molar-refractivity contribution in [3.8, 4) is 11.3 Å². The Hall–Kier alpha value is -2.37. The van der Waals surface area contributed by atoms with E-state index in [9.17, 15) is 18.0 Å². The first-order chi connectivity index (χ1) is 9.38. The van der Waals surface area contributed by atoms with E-state index in [0.717, 1.165) is 18.3 Å². The van der Waals surface area contributed by atoms with Crippen molar-refractivity contribution in [1.29, 1.82) is 0 Å². The number of rotatable bonds is 3. The van der Waals surface area contributed by atoms with E-state index < -0.39 is 17.7 Å². The number of nitrogens with zero attached hydrogens (tertiary/aromatic N) is 1. The Morgan fingerprint density at radius 1 is 1.20 bits per heavy atom. The molecule has 0 saturated heterocycles.